The van der Waals surface area contributed by atoms with Crippen molar-refractivity contribution in [1.29, 1.82) is 0 Å². The number of rotatable bonds is 2. The van der Waals surface area contributed by atoms with Crippen LogP contribution in [0, 0.1) is 0 Å². The van der Waals surface area contributed by atoms with Crippen LogP contribution in [0.4, 0.5) is 0 Å². The highest BCUT2D eigenvalue weighted by atomic mass is 16.3. The fraction of sp³-hybridized carbons (Fsp3) is 0.545. The third kappa shape index (κ3) is 2.21. The average Bonchev–Trinajstić information content (AvgIpc) is 2.82. The maximum atomic E-state index is 11.9. The van der Waals surface area contributed by atoms with Crippen molar-refractivity contribution in [2.24, 2.45) is 0 Å². The van der Waals surface area contributed by atoms with E-state index in [2.05, 4.69) is 5.32 Å². The molecule has 0 atom stereocenters. The van der Waals surface area contributed by atoms with Gasteiger partial charge in [0.1, 0.15) is 6.26 Å². The minimum absolute atomic E-state index is 0.0818. The quantitative estimate of drug-likeness (QED) is 0.791. The summed E-state index contributed by atoms with van der Waals surface area (Å²) in [5.74, 6) is 0.0818. The van der Waals surface area contributed by atoms with Crippen LogP contribution in [0.15, 0.2) is 23.0 Å². The van der Waals surface area contributed by atoms with Gasteiger partial charge in [-0.05, 0) is 26.0 Å². The molecule has 2 heterocycles. The fourth-order valence-electron chi connectivity index (χ4n) is 1.94. The first-order valence-electron chi connectivity index (χ1n) is 5.30. The van der Waals surface area contributed by atoms with Gasteiger partial charge < -0.3 is 14.6 Å². The lowest BCUT2D eigenvalue weighted by Gasteiger charge is -2.31. The molecule has 0 aromatic carbocycles. The van der Waals surface area contributed by atoms with Crippen molar-refractivity contribution < 1.29 is 9.21 Å². The van der Waals surface area contributed by atoms with Gasteiger partial charge in [0.2, 0.25) is 0 Å². The molecule has 15 heavy (non-hydrogen) atoms. The first kappa shape index (κ1) is 10.2. The van der Waals surface area contributed by atoms with Gasteiger partial charge in [0.15, 0.2) is 0 Å². The van der Waals surface area contributed by atoms with E-state index in [1.54, 1.807) is 6.07 Å². The molecule has 0 aliphatic carbocycles. The van der Waals surface area contributed by atoms with E-state index < -0.39 is 0 Å². The molecule has 4 nitrogen and oxygen atoms in total. The summed E-state index contributed by atoms with van der Waals surface area (Å²) in [5, 5.41) is 3.24. The number of likely N-dealkylation sites (tertiary alicyclic amines) is 1. The van der Waals surface area contributed by atoms with E-state index in [1.165, 1.54) is 12.5 Å². The number of amides is 1. The minimum atomic E-state index is 0.0818. The third-order valence-electron chi connectivity index (χ3n) is 2.96. The van der Waals surface area contributed by atoms with E-state index in [4.69, 9.17) is 4.42 Å². The Hall–Kier alpha value is -1.29. The van der Waals surface area contributed by atoms with Gasteiger partial charge in [0, 0.05) is 19.1 Å². The second kappa shape index (κ2) is 4.49. The highest BCUT2D eigenvalue weighted by molar-refractivity contribution is 5.93. The molecule has 1 amide bonds. The lowest BCUT2D eigenvalue weighted by molar-refractivity contribution is 0.0706. The summed E-state index contributed by atoms with van der Waals surface area (Å²) in [4.78, 5) is 13.8. The number of nitrogens with zero attached hydrogens (tertiary/aromatic N) is 1. The second-order valence-corrected chi connectivity index (χ2v) is 3.87. The largest absolute Gasteiger partial charge is 0.472 e. The highest BCUT2D eigenvalue weighted by Crippen LogP contribution is 2.13. The van der Waals surface area contributed by atoms with Gasteiger partial charge >= 0.3 is 0 Å². The molecule has 4 heteroatoms. The normalized spacial score (nSPS) is 18.1. The van der Waals surface area contributed by atoms with Crippen LogP contribution in [0.25, 0.3) is 0 Å². The highest BCUT2D eigenvalue weighted by Gasteiger charge is 2.22. The van der Waals surface area contributed by atoms with Crippen molar-refractivity contribution in [3.63, 3.8) is 0 Å². The van der Waals surface area contributed by atoms with Gasteiger partial charge in [0.05, 0.1) is 11.8 Å². The number of furan rings is 1. The molecule has 1 aromatic heterocycles. The van der Waals surface area contributed by atoms with Crippen LogP contribution in [0.1, 0.15) is 23.2 Å². The van der Waals surface area contributed by atoms with E-state index in [-0.39, 0.29) is 5.91 Å². The maximum Gasteiger partial charge on any atom is 0.257 e. The van der Waals surface area contributed by atoms with Crippen molar-refractivity contribution >= 4 is 5.91 Å². The molecule has 1 fully saturated rings. The summed E-state index contributed by atoms with van der Waals surface area (Å²) in [6.07, 6.45) is 5.10. The number of nitrogens with one attached hydrogen (secondary N) is 1. The number of hydrogen-bond donors (Lipinski definition) is 1. The first-order chi connectivity index (χ1) is 7.31. The molecule has 82 valence electrons. The number of piperidine rings is 1. The van der Waals surface area contributed by atoms with E-state index in [9.17, 15) is 4.79 Å². The zero-order valence-corrected chi connectivity index (χ0v) is 8.90. The van der Waals surface area contributed by atoms with Crippen molar-refractivity contribution in [3.8, 4) is 0 Å². The molecule has 0 saturated carbocycles. The van der Waals surface area contributed by atoms with Crippen LogP contribution < -0.4 is 5.32 Å². The Morgan fingerprint density at radius 1 is 1.53 bits per heavy atom. The van der Waals surface area contributed by atoms with Crippen LogP contribution in [0.5, 0.6) is 0 Å². The smallest absolute Gasteiger partial charge is 0.257 e. The summed E-state index contributed by atoms with van der Waals surface area (Å²) < 4.78 is 4.91. The summed E-state index contributed by atoms with van der Waals surface area (Å²) in [6, 6.07) is 2.27. The molecule has 1 N–H and O–H groups in total. The summed E-state index contributed by atoms with van der Waals surface area (Å²) in [6.45, 7) is 1.66. The zero-order valence-electron chi connectivity index (χ0n) is 8.90. The lowest BCUT2D eigenvalue weighted by Crippen LogP contribution is -2.43. The molecule has 0 unspecified atom stereocenters. The van der Waals surface area contributed by atoms with E-state index in [0.717, 1.165) is 25.9 Å². The molecule has 0 spiro atoms. The van der Waals surface area contributed by atoms with Crippen LogP contribution in [-0.2, 0) is 0 Å². The zero-order chi connectivity index (χ0) is 10.7. The molecule has 1 aliphatic rings. The lowest BCUT2D eigenvalue weighted by atomic mass is 10.0. The number of hydrogen-bond acceptors (Lipinski definition) is 3. The molecule has 2 rings (SSSR count). The maximum absolute atomic E-state index is 11.9. The van der Waals surface area contributed by atoms with Gasteiger partial charge in [-0.25, -0.2) is 0 Å². The predicted molar refractivity (Wildman–Crippen MR) is 56.7 cm³/mol. The SMILES string of the molecule is CNC1CCN(C(=O)c2ccoc2)CC1. The van der Waals surface area contributed by atoms with Gasteiger partial charge in [-0.1, -0.05) is 0 Å². The minimum Gasteiger partial charge on any atom is -0.472 e. The van der Waals surface area contributed by atoms with Gasteiger partial charge in [0.25, 0.3) is 5.91 Å². The average molecular weight is 208 g/mol. The molecule has 1 aromatic rings. The molecule has 1 saturated heterocycles. The van der Waals surface area contributed by atoms with Gasteiger partial charge in [-0.15, -0.1) is 0 Å². The van der Waals surface area contributed by atoms with Gasteiger partial charge in [-0.3, -0.25) is 4.79 Å². The van der Waals surface area contributed by atoms with Crippen LogP contribution >= 0.6 is 0 Å². The van der Waals surface area contributed by atoms with Crippen molar-refractivity contribution in [1.82, 2.24) is 10.2 Å². The monoisotopic (exact) mass is 208 g/mol. The topological polar surface area (TPSA) is 45.5 Å². The Morgan fingerprint density at radius 2 is 2.27 bits per heavy atom. The Balaban J connectivity index is 1.93. The summed E-state index contributed by atoms with van der Waals surface area (Å²) in [5.41, 5.74) is 0.651. The molecule has 0 radical (unpaired) electrons. The number of carbonyl (C=O) groups is 1. The van der Waals surface area contributed by atoms with E-state index >= 15 is 0 Å². The number of carbonyl (C=O) groups excluding carboxylic acids is 1. The van der Waals surface area contributed by atoms with Crippen molar-refractivity contribution in [2.75, 3.05) is 20.1 Å². The van der Waals surface area contributed by atoms with Crippen LogP contribution in [0.3, 0.4) is 0 Å². The van der Waals surface area contributed by atoms with Crippen LogP contribution in [0.2, 0.25) is 0 Å². The fourth-order valence-corrected chi connectivity index (χ4v) is 1.94. The Bertz CT molecular complexity index is 313. The van der Waals surface area contributed by atoms with Gasteiger partial charge in [-0.2, -0.15) is 0 Å². The van der Waals surface area contributed by atoms with Crippen molar-refractivity contribution in [2.45, 2.75) is 18.9 Å². The molecular weight excluding hydrogens is 192 g/mol. The first-order valence-corrected chi connectivity index (χ1v) is 5.30. The second-order valence-electron chi connectivity index (χ2n) is 3.87. The third-order valence-corrected chi connectivity index (χ3v) is 2.96. The Kier molecular flexibility index (Phi) is 3.06. The summed E-state index contributed by atoms with van der Waals surface area (Å²) >= 11 is 0. The van der Waals surface area contributed by atoms with E-state index in [0.29, 0.717) is 11.6 Å². The standard InChI is InChI=1S/C11H16N2O2/c1-12-10-2-5-13(6-3-10)11(14)9-4-7-15-8-9/h4,7-8,10,12H,2-3,5-6H2,1H3. The molecular formula is C11H16N2O2. The predicted octanol–water partition coefficient (Wildman–Crippen LogP) is 1.10. The van der Waals surface area contributed by atoms with Crippen molar-refractivity contribution in [3.05, 3.63) is 24.2 Å². The van der Waals surface area contributed by atoms with E-state index in [1.807, 2.05) is 11.9 Å². The summed E-state index contributed by atoms with van der Waals surface area (Å²) in [7, 11) is 1.97. The Morgan fingerprint density at radius 3 is 2.80 bits per heavy atom. The molecule has 0 bridgehead atoms. The Labute approximate surface area is 89.2 Å². The van der Waals surface area contributed by atoms with Crippen LogP contribution in [-0.4, -0.2) is 37.0 Å². The molecule has 1 aliphatic heterocycles.